The lowest BCUT2D eigenvalue weighted by molar-refractivity contribution is -0.0440. The predicted octanol–water partition coefficient (Wildman–Crippen LogP) is 3.43. The molecule has 6 nitrogen and oxygen atoms in total. The van der Waals surface area contributed by atoms with Crippen LogP contribution in [0.5, 0.6) is 0 Å². The molecule has 1 aliphatic heterocycles. The maximum absolute atomic E-state index is 12.9. The van der Waals surface area contributed by atoms with Crippen LogP contribution in [0, 0.1) is 5.92 Å². The van der Waals surface area contributed by atoms with Crippen molar-refractivity contribution in [3.8, 4) is 0 Å². The Morgan fingerprint density at radius 3 is 2.21 bits per heavy atom. The highest BCUT2D eigenvalue weighted by Gasteiger charge is 2.32. The third-order valence-electron chi connectivity index (χ3n) is 4.94. The number of morpholine rings is 1. The van der Waals surface area contributed by atoms with Crippen molar-refractivity contribution in [1.29, 1.82) is 0 Å². The van der Waals surface area contributed by atoms with Crippen LogP contribution in [0.2, 0.25) is 0 Å². The van der Waals surface area contributed by atoms with Crippen molar-refractivity contribution in [3.63, 3.8) is 0 Å². The zero-order chi connectivity index (χ0) is 20.9. The summed E-state index contributed by atoms with van der Waals surface area (Å²) in [5.41, 5.74) is 0.471. The summed E-state index contributed by atoms with van der Waals surface area (Å²) in [6, 6.07) is 6.27. The van der Waals surface area contributed by atoms with Gasteiger partial charge in [-0.05, 0) is 57.4 Å². The Kier molecular flexibility index (Phi) is 8.04. The van der Waals surface area contributed by atoms with Gasteiger partial charge in [0.15, 0.2) is 0 Å². The fraction of sp³-hybridized carbons (Fsp3) is 0.667. The Labute approximate surface area is 169 Å². The van der Waals surface area contributed by atoms with Gasteiger partial charge in [-0.3, -0.25) is 4.79 Å². The normalized spacial score (nSPS) is 22.2. The molecule has 2 rings (SSSR count). The number of sulfonamides is 1. The Bertz CT molecular complexity index is 736. The molecule has 28 heavy (non-hydrogen) atoms. The number of hydrogen-bond donors (Lipinski definition) is 1. The average Bonchev–Trinajstić information content (AvgIpc) is 2.60. The molecule has 0 bridgehead atoms. The van der Waals surface area contributed by atoms with Crippen molar-refractivity contribution in [2.24, 2.45) is 5.92 Å². The second-order valence-electron chi connectivity index (χ2n) is 8.30. The second kappa shape index (κ2) is 9.85. The van der Waals surface area contributed by atoms with E-state index >= 15 is 0 Å². The van der Waals surface area contributed by atoms with E-state index in [0.717, 1.165) is 19.3 Å². The topological polar surface area (TPSA) is 75.7 Å². The fourth-order valence-electron chi connectivity index (χ4n) is 3.47. The second-order valence-corrected chi connectivity index (χ2v) is 10.2. The van der Waals surface area contributed by atoms with Crippen molar-refractivity contribution >= 4 is 15.9 Å². The first kappa shape index (κ1) is 22.8. The Balaban J connectivity index is 1.99. The monoisotopic (exact) mass is 410 g/mol. The zero-order valence-electron chi connectivity index (χ0n) is 17.6. The van der Waals surface area contributed by atoms with Crippen molar-refractivity contribution in [3.05, 3.63) is 29.8 Å². The summed E-state index contributed by atoms with van der Waals surface area (Å²) >= 11 is 0. The number of nitrogens with zero attached hydrogens (tertiary/aromatic N) is 1. The van der Waals surface area contributed by atoms with Crippen LogP contribution in [0.3, 0.4) is 0 Å². The van der Waals surface area contributed by atoms with Crippen molar-refractivity contribution in [2.75, 3.05) is 13.1 Å². The van der Waals surface area contributed by atoms with E-state index in [1.165, 1.54) is 16.4 Å². The summed E-state index contributed by atoms with van der Waals surface area (Å²) in [4.78, 5) is 12.6. The van der Waals surface area contributed by atoms with E-state index in [-0.39, 0.29) is 29.1 Å². The van der Waals surface area contributed by atoms with E-state index in [2.05, 4.69) is 19.2 Å². The van der Waals surface area contributed by atoms with Gasteiger partial charge in [-0.1, -0.05) is 26.7 Å². The van der Waals surface area contributed by atoms with Gasteiger partial charge < -0.3 is 10.1 Å². The van der Waals surface area contributed by atoms with Crippen molar-refractivity contribution in [1.82, 2.24) is 9.62 Å². The van der Waals surface area contributed by atoms with Crippen LogP contribution in [0.4, 0.5) is 0 Å². The minimum absolute atomic E-state index is 0.0889. The van der Waals surface area contributed by atoms with Crippen LogP contribution >= 0.6 is 0 Å². The van der Waals surface area contributed by atoms with E-state index in [1.54, 1.807) is 12.1 Å². The minimum Gasteiger partial charge on any atom is -0.373 e. The van der Waals surface area contributed by atoms with E-state index in [1.807, 2.05) is 20.8 Å². The molecule has 0 saturated carbocycles. The molecule has 0 aromatic heterocycles. The van der Waals surface area contributed by atoms with E-state index in [0.29, 0.717) is 24.6 Å². The molecule has 1 saturated heterocycles. The van der Waals surface area contributed by atoms with E-state index in [4.69, 9.17) is 4.74 Å². The minimum atomic E-state index is -3.59. The molecule has 7 heteroatoms. The summed E-state index contributed by atoms with van der Waals surface area (Å²) < 4.78 is 32.8. The highest BCUT2D eigenvalue weighted by Crippen LogP contribution is 2.21. The van der Waals surface area contributed by atoms with Crippen LogP contribution in [-0.2, 0) is 14.8 Å². The van der Waals surface area contributed by atoms with Gasteiger partial charge in [0, 0.05) is 24.7 Å². The van der Waals surface area contributed by atoms with Crippen molar-refractivity contribution in [2.45, 2.75) is 77.0 Å². The number of carbonyl (C=O) groups excluding carboxylic acids is 1. The summed E-state index contributed by atoms with van der Waals surface area (Å²) in [7, 11) is -3.59. The largest absolute Gasteiger partial charge is 0.373 e. The maximum Gasteiger partial charge on any atom is 0.251 e. The lowest BCUT2D eigenvalue weighted by Gasteiger charge is -2.34. The number of rotatable bonds is 8. The number of hydrogen-bond acceptors (Lipinski definition) is 4. The molecule has 1 aromatic carbocycles. The summed E-state index contributed by atoms with van der Waals surface area (Å²) in [6.45, 7) is 10.8. The Hall–Kier alpha value is -1.44. The molecular formula is C21H34N2O4S. The van der Waals surface area contributed by atoms with Crippen molar-refractivity contribution < 1.29 is 17.9 Å². The number of benzene rings is 1. The van der Waals surface area contributed by atoms with Gasteiger partial charge in [0.25, 0.3) is 5.91 Å². The molecule has 1 heterocycles. The van der Waals surface area contributed by atoms with Crippen LogP contribution in [0.15, 0.2) is 29.2 Å². The average molecular weight is 411 g/mol. The van der Waals surface area contributed by atoms with Crippen LogP contribution in [0.25, 0.3) is 0 Å². The quantitative estimate of drug-likeness (QED) is 0.712. The molecule has 0 radical (unpaired) electrons. The van der Waals surface area contributed by atoms with Crippen LogP contribution in [0.1, 0.15) is 64.2 Å². The zero-order valence-corrected chi connectivity index (χ0v) is 18.5. The highest BCUT2D eigenvalue weighted by atomic mass is 32.2. The Morgan fingerprint density at radius 1 is 1.11 bits per heavy atom. The fourth-order valence-corrected chi connectivity index (χ4v) is 5.06. The molecule has 1 aromatic rings. The van der Waals surface area contributed by atoms with Gasteiger partial charge in [-0.2, -0.15) is 4.31 Å². The van der Waals surface area contributed by atoms with Gasteiger partial charge in [0.1, 0.15) is 0 Å². The molecule has 158 valence electrons. The van der Waals surface area contributed by atoms with Crippen LogP contribution in [-0.4, -0.2) is 50.0 Å². The smallest absolute Gasteiger partial charge is 0.251 e. The SMILES string of the molecule is CC(C)CCC[C@H](C)NC(=O)c1ccc(S(=O)(=O)N2C[C@H](C)O[C@@H](C)C2)cc1. The molecule has 1 N–H and O–H groups in total. The first-order valence-electron chi connectivity index (χ1n) is 10.2. The lowest BCUT2D eigenvalue weighted by atomic mass is 10.0. The predicted molar refractivity (Wildman–Crippen MR) is 111 cm³/mol. The van der Waals surface area contributed by atoms with Crippen LogP contribution < -0.4 is 5.32 Å². The standard InChI is InChI=1S/C21H34N2O4S/c1-15(2)7-6-8-16(3)22-21(24)19-9-11-20(12-10-19)28(25,26)23-13-17(4)27-18(5)14-23/h9-12,15-18H,6-8,13-14H2,1-5H3,(H,22,24)/t16-,17-,18-/m0/s1. The van der Waals surface area contributed by atoms with Gasteiger partial charge in [-0.25, -0.2) is 8.42 Å². The number of ether oxygens (including phenoxy) is 1. The first-order chi connectivity index (χ1) is 13.1. The van der Waals surface area contributed by atoms with Gasteiger partial charge in [-0.15, -0.1) is 0 Å². The number of amides is 1. The lowest BCUT2D eigenvalue weighted by Crippen LogP contribution is -2.48. The summed E-state index contributed by atoms with van der Waals surface area (Å²) in [5.74, 6) is 0.490. The molecule has 1 amide bonds. The maximum atomic E-state index is 12.9. The molecule has 0 aliphatic carbocycles. The molecule has 0 unspecified atom stereocenters. The highest BCUT2D eigenvalue weighted by molar-refractivity contribution is 7.89. The van der Waals surface area contributed by atoms with Gasteiger partial charge >= 0.3 is 0 Å². The third-order valence-corrected chi connectivity index (χ3v) is 6.78. The molecule has 0 spiro atoms. The number of nitrogens with one attached hydrogen (secondary N) is 1. The van der Waals surface area contributed by atoms with E-state index in [9.17, 15) is 13.2 Å². The first-order valence-corrected chi connectivity index (χ1v) is 11.6. The number of carbonyl (C=O) groups is 1. The van der Waals surface area contributed by atoms with Gasteiger partial charge in [0.05, 0.1) is 17.1 Å². The van der Waals surface area contributed by atoms with E-state index < -0.39 is 10.0 Å². The molecule has 1 fully saturated rings. The molecule has 1 aliphatic rings. The summed E-state index contributed by atoms with van der Waals surface area (Å²) in [6.07, 6.45) is 2.88. The Morgan fingerprint density at radius 2 is 1.68 bits per heavy atom. The molecular weight excluding hydrogens is 376 g/mol. The molecule has 3 atom stereocenters. The third kappa shape index (κ3) is 6.29. The van der Waals surface area contributed by atoms with Gasteiger partial charge in [0.2, 0.25) is 10.0 Å². The summed E-state index contributed by atoms with van der Waals surface area (Å²) in [5, 5.41) is 2.99.